The third kappa shape index (κ3) is 8.36. The lowest BCUT2D eigenvalue weighted by Crippen LogP contribution is -2.52. The molecule has 184 valence electrons. The first-order chi connectivity index (χ1) is 16.9. The fourth-order valence-corrected chi connectivity index (χ4v) is 4.20. The van der Waals surface area contributed by atoms with Crippen molar-refractivity contribution in [3.05, 3.63) is 106 Å². The standard InChI is InChI=1S/C30H35BrN2O2/c1-4-23(3)32-30(35)28(20-25-8-6-5-7-9-25)33(21-26-14-17-27(31)18-15-26)29(34)19-16-24-12-10-22(2)11-13-24/h5-15,17-18,23,28H,4,16,19-21H2,1-3H3,(H,32,35)/t23-,28+/m1/s1. The van der Waals surface area contributed by atoms with E-state index in [2.05, 4.69) is 52.4 Å². The van der Waals surface area contributed by atoms with E-state index in [-0.39, 0.29) is 17.9 Å². The number of hydrogen-bond acceptors (Lipinski definition) is 2. The van der Waals surface area contributed by atoms with Crippen molar-refractivity contribution in [2.75, 3.05) is 0 Å². The number of carbonyl (C=O) groups is 2. The van der Waals surface area contributed by atoms with Gasteiger partial charge in [0.2, 0.25) is 11.8 Å². The van der Waals surface area contributed by atoms with Gasteiger partial charge in [-0.1, -0.05) is 95.1 Å². The molecule has 3 rings (SSSR count). The zero-order valence-electron chi connectivity index (χ0n) is 20.8. The lowest BCUT2D eigenvalue weighted by molar-refractivity contribution is -0.141. The maximum absolute atomic E-state index is 13.7. The Labute approximate surface area is 217 Å². The molecule has 4 nitrogen and oxygen atoms in total. The van der Waals surface area contributed by atoms with Crippen molar-refractivity contribution >= 4 is 27.7 Å². The Morgan fingerprint density at radius 1 is 0.886 bits per heavy atom. The molecule has 2 atom stereocenters. The molecule has 0 saturated carbocycles. The van der Waals surface area contributed by atoms with Crippen molar-refractivity contribution in [3.63, 3.8) is 0 Å². The molecule has 3 aromatic carbocycles. The Hall–Kier alpha value is -2.92. The summed E-state index contributed by atoms with van der Waals surface area (Å²) in [6.07, 6.45) is 2.29. The van der Waals surface area contributed by atoms with Crippen molar-refractivity contribution in [2.24, 2.45) is 0 Å². The van der Waals surface area contributed by atoms with E-state index in [0.29, 0.717) is 25.8 Å². The van der Waals surface area contributed by atoms with Crippen LogP contribution < -0.4 is 5.32 Å². The number of nitrogens with zero attached hydrogens (tertiary/aromatic N) is 1. The van der Waals surface area contributed by atoms with E-state index in [4.69, 9.17) is 0 Å². The van der Waals surface area contributed by atoms with Gasteiger partial charge in [0.15, 0.2) is 0 Å². The molecule has 3 aromatic rings. The number of aryl methyl sites for hydroxylation is 2. The SMILES string of the molecule is CC[C@@H](C)NC(=O)[C@H](Cc1ccccc1)N(Cc1ccc(Br)cc1)C(=O)CCc1ccc(C)cc1. The van der Waals surface area contributed by atoms with E-state index in [1.807, 2.05) is 68.4 Å². The summed E-state index contributed by atoms with van der Waals surface area (Å²) < 4.78 is 0.980. The first-order valence-corrected chi connectivity index (χ1v) is 13.1. The van der Waals surface area contributed by atoms with Crippen LogP contribution in [0.25, 0.3) is 0 Å². The van der Waals surface area contributed by atoms with Gasteiger partial charge in [-0.3, -0.25) is 9.59 Å². The zero-order chi connectivity index (χ0) is 25.2. The quantitative estimate of drug-likeness (QED) is 0.316. The molecule has 0 aromatic heterocycles. The summed E-state index contributed by atoms with van der Waals surface area (Å²) in [5, 5.41) is 3.12. The van der Waals surface area contributed by atoms with Crippen LogP contribution in [0.1, 0.15) is 48.9 Å². The minimum absolute atomic E-state index is 0.0197. The minimum atomic E-state index is -0.597. The van der Waals surface area contributed by atoms with Gasteiger partial charge in [0.25, 0.3) is 0 Å². The molecule has 0 unspecified atom stereocenters. The Morgan fingerprint density at radius 2 is 1.51 bits per heavy atom. The molecule has 0 bridgehead atoms. The molecule has 0 spiro atoms. The highest BCUT2D eigenvalue weighted by Gasteiger charge is 2.30. The molecule has 0 aliphatic rings. The van der Waals surface area contributed by atoms with Crippen LogP contribution in [0.5, 0.6) is 0 Å². The molecule has 2 amide bonds. The van der Waals surface area contributed by atoms with Gasteiger partial charge in [-0.25, -0.2) is 0 Å². The first-order valence-electron chi connectivity index (χ1n) is 12.3. The van der Waals surface area contributed by atoms with Crippen LogP contribution in [0.4, 0.5) is 0 Å². The number of benzene rings is 3. The number of carbonyl (C=O) groups excluding carboxylic acids is 2. The van der Waals surface area contributed by atoms with Gasteiger partial charge in [0.05, 0.1) is 0 Å². The Kier molecular flexibility index (Phi) is 10.1. The minimum Gasteiger partial charge on any atom is -0.352 e. The predicted molar refractivity (Wildman–Crippen MR) is 146 cm³/mol. The fraction of sp³-hybridized carbons (Fsp3) is 0.333. The third-order valence-electron chi connectivity index (χ3n) is 6.29. The number of halogens is 1. The van der Waals surface area contributed by atoms with Crippen molar-refractivity contribution in [1.82, 2.24) is 10.2 Å². The molecule has 35 heavy (non-hydrogen) atoms. The van der Waals surface area contributed by atoms with Crippen LogP contribution >= 0.6 is 15.9 Å². The van der Waals surface area contributed by atoms with E-state index >= 15 is 0 Å². The van der Waals surface area contributed by atoms with Crippen molar-refractivity contribution < 1.29 is 9.59 Å². The second-order valence-electron chi connectivity index (χ2n) is 9.16. The topological polar surface area (TPSA) is 49.4 Å². The average Bonchev–Trinajstić information content (AvgIpc) is 2.87. The van der Waals surface area contributed by atoms with E-state index in [1.54, 1.807) is 4.90 Å². The maximum atomic E-state index is 13.7. The summed E-state index contributed by atoms with van der Waals surface area (Å²) in [5.41, 5.74) is 4.34. The summed E-state index contributed by atoms with van der Waals surface area (Å²) in [4.78, 5) is 29.0. The number of nitrogens with one attached hydrogen (secondary N) is 1. The molecule has 0 aliphatic heterocycles. The highest BCUT2D eigenvalue weighted by Crippen LogP contribution is 2.19. The summed E-state index contributed by atoms with van der Waals surface area (Å²) in [6, 6.07) is 25.6. The number of amides is 2. The van der Waals surface area contributed by atoms with Crippen molar-refractivity contribution in [2.45, 2.75) is 65.1 Å². The van der Waals surface area contributed by atoms with Crippen molar-refractivity contribution in [1.29, 1.82) is 0 Å². The van der Waals surface area contributed by atoms with Crippen molar-refractivity contribution in [3.8, 4) is 0 Å². The first kappa shape index (κ1) is 26.7. The summed E-state index contributed by atoms with van der Waals surface area (Å²) in [5.74, 6) is -0.127. The van der Waals surface area contributed by atoms with E-state index in [1.165, 1.54) is 5.56 Å². The maximum Gasteiger partial charge on any atom is 0.243 e. The molecule has 0 fully saturated rings. The van der Waals surface area contributed by atoms with Crippen LogP contribution in [0.2, 0.25) is 0 Å². The van der Waals surface area contributed by atoms with E-state index < -0.39 is 6.04 Å². The monoisotopic (exact) mass is 534 g/mol. The zero-order valence-corrected chi connectivity index (χ0v) is 22.4. The van der Waals surface area contributed by atoms with Gasteiger partial charge in [-0.15, -0.1) is 0 Å². The van der Waals surface area contributed by atoms with E-state index in [0.717, 1.165) is 27.6 Å². The Bertz CT molecular complexity index is 1080. The smallest absolute Gasteiger partial charge is 0.243 e. The lowest BCUT2D eigenvalue weighted by Gasteiger charge is -2.32. The molecular formula is C30H35BrN2O2. The van der Waals surface area contributed by atoms with Gasteiger partial charge < -0.3 is 10.2 Å². The van der Waals surface area contributed by atoms with E-state index in [9.17, 15) is 9.59 Å². The van der Waals surface area contributed by atoms with Crippen LogP contribution in [-0.2, 0) is 29.0 Å². The number of hydrogen-bond donors (Lipinski definition) is 1. The second kappa shape index (κ2) is 13.2. The Morgan fingerprint density at radius 3 is 2.14 bits per heavy atom. The van der Waals surface area contributed by atoms with Crippen LogP contribution in [0.3, 0.4) is 0 Å². The molecular weight excluding hydrogens is 500 g/mol. The van der Waals surface area contributed by atoms with Gasteiger partial charge in [0.1, 0.15) is 6.04 Å². The normalized spacial score (nSPS) is 12.6. The van der Waals surface area contributed by atoms with Gasteiger partial charge in [-0.05, 0) is 55.5 Å². The largest absolute Gasteiger partial charge is 0.352 e. The summed E-state index contributed by atoms with van der Waals surface area (Å²) in [7, 11) is 0. The molecule has 1 N–H and O–H groups in total. The third-order valence-corrected chi connectivity index (χ3v) is 6.82. The second-order valence-corrected chi connectivity index (χ2v) is 10.1. The van der Waals surface area contributed by atoms with Gasteiger partial charge in [-0.2, -0.15) is 0 Å². The highest BCUT2D eigenvalue weighted by atomic mass is 79.9. The molecule has 0 aliphatic carbocycles. The molecule has 0 saturated heterocycles. The highest BCUT2D eigenvalue weighted by molar-refractivity contribution is 9.10. The van der Waals surface area contributed by atoms with Gasteiger partial charge in [0, 0.05) is 29.9 Å². The molecule has 5 heteroatoms. The fourth-order valence-electron chi connectivity index (χ4n) is 3.93. The Balaban J connectivity index is 1.89. The average molecular weight is 536 g/mol. The summed E-state index contributed by atoms with van der Waals surface area (Å²) >= 11 is 3.48. The predicted octanol–water partition coefficient (Wildman–Crippen LogP) is 6.24. The number of rotatable bonds is 11. The lowest BCUT2D eigenvalue weighted by atomic mass is 10.0. The van der Waals surface area contributed by atoms with Crippen LogP contribution in [-0.4, -0.2) is 28.8 Å². The van der Waals surface area contributed by atoms with Crippen LogP contribution in [0, 0.1) is 6.92 Å². The summed E-state index contributed by atoms with van der Waals surface area (Å²) in [6.45, 7) is 6.48. The molecule has 0 radical (unpaired) electrons. The molecule has 0 heterocycles. The van der Waals surface area contributed by atoms with Crippen LogP contribution in [0.15, 0.2) is 83.3 Å². The van der Waals surface area contributed by atoms with Gasteiger partial charge >= 0.3 is 0 Å².